The third-order valence-electron chi connectivity index (χ3n) is 4.02. The second-order valence-corrected chi connectivity index (χ2v) is 5.88. The van der Waals surface area contributed by atoms with Gasteiger partial charge in [0, 0.05) is 44.8 Å². The molecule has 1 aromatic carbocycles. The van der Waals surface area contributed by atoms with Crippen molar-refractivity contribution in [2.75, 3.05) is 44.6 Å². The van der Waals surface area contributed by atoms with Gasteiger partial charge in [-0.25, -0.2) is 0 Å². The second-order valence-electron chi connectivity index (χ2n) is 5.88. The van der Waals surface area contributed by atoms with Crippen molar-refractivity contribution in [1.29, 1.82) is 0 Å². The van der Waals surface area contributed by atoms with Gasteiger partial charge in [0.25, 0.3) is 0 Å². The maximum Gasteiger partial charge on any atom is 0.238 e. The molecule has 0 spiro atoms. The number of hydrogen-bond donors (Lipinski definition) is 1. The van der Waals surface area contributed by atoms with Gasteiger partial charge in [0.2, 0.25) is 5.91 Å². The molecule has 2 rings (SSSR count). The van der Waals surface area contributed by atoms with Gasteiger partial charge in [-0.15, -0.1) is 0 Å². The number of carbonyl (C=O) groups is 1. The van der Waals surface area contributed by atoms with Crippen molar-refractivity contribution in [3.05, 3.63) is 29.3 Å². The number of amides is 1. The third kappa shape index (κ3) is 4.93. The van der Waals surface area contributed by atoms with E-state index in [0.717, 1.165) is 44.0 Å². The summed E-state index contributed by atoms with van der Waals surface area (Å²) in [5, 5.41) is 2.98. The number of aryl methyl sites for hydroxylation is 2. The van der Waals surface area contributed by atoms with E-state index in [1.807, 2.05) is 32.3 Å². The molecule has 119 valence electrons. The molecule has 0 aromatic heterocycles. The Kier molecular flexibility index (Phi) is 6.10. The van der Waals surface area contributed by atoms with E-state index in [2.05, 4.69) is 21.2 Å². The highest BCUT2D eigenvalue weighted by Gasteiger charge is 2.18. The number of benzene rings is 1. The standard InChI is InChI=1S/C17H24N3O2/c1-14-4-5-16(15(2)12-14)18-17(22)13-20-9-7-19(8-10-20)6-3-11-21/h4-5,12H,3,6-10,13H2,1-2H3,(H,18,22). The molecule has 1 aliphatic heterocycles. The average molecular weight is 302 g/mol. The Morgan fingerprint density at radius 2 is 1.86 bits per heavy atom. The highest BCUT2D eigenvalue weighted by atomic mass is 16.2. The van der Waals surface area contributed by atoms with Crippen molar-refractivity contribution < 1.29 is 9.59 Å². The lowest BCUT2D eigenvalue weighted by atomic mass is 10.1. The minimum Gasteiger partial charge on any atom is -0.325 e. The van der Waals surface area contributed by atoms with E-state index >= 15 is 0 Å². The van der Waals surface area contributed by atoms with E-state index in [1.54, 1.807) is 0 Å². The van der Waals surface area contributed by atoms with Crippen LogP contribution in [-0.4, -0.2) is 61.3 Å². The Hall–Kier alpha value is -1.72. The summed E-state index contributed by atoms with van der Waals surface area (Å²) in [5.74, 6) is 0.0293. The molecule has 5 heteroatoms. The molecule has 5 nitrogen and oxygen atoms in total. The monoisotopic (exact) mass is 302 g/mol. The van der Waals surface area contributed by atoms with Gasteiger partial charge in [0.05, 0.1) is 6.54 Å². The van der Waals surface area contributed by atoms with Gasteiger partial charge in [-0.05, 0) is 25.5 Å². The van der Waals surface area contributed by atoms with Crippen molar-refractivity contribution in [3.63, 3.8) is 0 Å². The first-order valence-electron chi connectivity index (χ1n) is 7.75. The third-order valence-corrected chi connectivity index (χ3v) is 4.02. The molecule has 1 radical (unpaired) electrons. The van der Waals surface area contributed by atoms with Gasteiger partial charge in [-0.1, -0.05) is 17.7 Å². The Morgan fingerprint density at radius 1 is 1.18 bits per heavy atom. The summed E-state index contributed by atoms with van der Waals surface area (Å²) in [5.41, 5.74) is 3.17. The molecule has 0 bridgehead atoms. The van der Waals surface area contributed by atoms with E-state index in [-0.39, 0.29) is 5.91 Å². The van der Waals surface area contributed by atoms with Gasteiger partial charge in [0.1, 0.15) is 0 Å². The average Bonchev–Trinajstić information content (AvgIpc) is 2.49. The zero-order valence-corrected chi connectivity index (χ0v) is 13.4. The summed E-state index contributed by atoms with van der Waals surface area (Å²) in [4.78, 5) is 26.8. The van der Waals surface area contributed by atoms with Crippen LogP contribution in [0, 0.1) is 13.8 Å². The molecule has 22 heavy (non-hydrogen) atoms. The number of nitrogens with one attached hydrogen (secondary N) is 1. The fraction of sp³-hybridized carbons (Fsp3) is 0.529. The topological polar surface area (TPSA) is 52.7 Å². The van der Waals surface area contributed by atoms with Gasteiger partial charge in [-0.2, -0.15) is 0 Å². The molecule has 1 heterocycles. The number of nitrogens with zero attached hydrogens (tertiary/aromatic N) is 2. The number of anilines is 1. The predicted octanol–water partition coefficient (Wildman–Crippen LogP) is 1.36. The fourth-order valence-corrected chi connectivity index (χ4v) is 2.72. The van der Waals surface area contributed by atoms with E-state index in [1.165, 1.54) is 5.56 Å². The molecule has 0 atom stereocenters. The normalized spacial score (nSPS) is 16.5. The summed E-state index contributed by atoms with van der Waals surface area (Å²) in [6.45, 7) is 8.76. The zero-order chi connectivity index (χ0) is 15.9. The minimum atomic E-state index is 0.0293. The summed E-state index contributed by atoms with van der Waals surface area (Å²) < 4.78 is 0. The van der Waals surface area contributed by atoms with Crippen LogP contribution < -0.4 is 5.32 Å². The number of hydrogen-bond acceptors (Lipinski definition) is 4. The van der Waals surface area contributed by atoms with Crippen LogP contribution in [0.3, 0.4) is 0 Å². The first-order valence-corrected chi connectivity index (χ1v) is 7.75. The molecule has 1 aliphatic rings. The smallest absolute Gasteiger partial charge is 0.238 e. The first kappa shape index (κ1) is 16.6. The maximum atomic E-state index is 12.2. The Labute approximate surface area is 132 Å². The van der Waals surface area contributed by atoms with Crippen LogP contribution >= 0.6 is 0 Å². The van der Waals surface area contributed by atoms with Crippen molar-refractivity contribution in [3.8, 4) is 0 Å². The lowest BCUT2D eigenvalue weighted by Gasteiger charge is -2.33. The summed E-state index contributed by atoms with van der Waals surface area (Å²) in [6.07, 6.45) is 2.39. The van der Waals surface area contributed by atoms with Crippen LogP contribution in [0.1, 0.15) is 17.5 Å². The zero-order valence-electron chi connectivity index (χ0n) is 13.4. The molecular formula is C17H24N3O2. The second kappa shape index (κ2) is 8.06. The first-order chi connectivity index (χ1) is 10.6. The van der Waals surface area contributed by atoms with E-state index in [4.69, 9.17) is 0 Å². The van der Waals surface area contributed by atoms with Crippen LogP contribution in [0.15, 0.2) is 18.2 Å². The quantitative estimate of drug-likeness (QED) is 0.862. The summed E-state index contributed by atoms with van der Waals surface area (Å²) in [7, 11) is 0. The van der Waals surface area contributed by atoms with Gasteiger partial charge < -0.3 is 10.2 Å². The lowest BCUT2D eigenvalue weighted by molar-refractivity contribution is -0.117. The number of carbonyl (C=O) groups excluding carboxylic acids is 2. The molecule has 0 saturated carbocycles. The van der Waals surface area contributed by atoms with E-state index in [9.17, 15) is 9.59 Å². The highest BCUT2D eigenvalue weighted by Crippen LogP contribution is 2.16. The molecular weight excluding hydrogens is 278 g/mol. The van der Waals surface area contributed by atoms with Crippen LogP contribution in [0.2, 0.25) is 0 Å². The van der Waals surface area contributed by atoms with Crippen LogP contribution in [0.25, 0.3) is 0 Å². The Morgan fingerprint density at radius 3 is 2.50 bits per heavy atom. The van der Waals surface area contributed by atoms with Gasteiger partial charge in [-0.3, -0.25) is 14.5 Å². The fourth-order valence-electron chi connectivity index (χ4n) is 2.72. The summed E-state index contributed by atoms with van der Waals surface area (Å²) >= 11 is 0. The lowest BCUT2D eigenvalue weighted by Crippen LogP contribution is -2.48. The minimum absolute atomic E-state index is 0.0293. The van der Waals surface area contributed by atoms with Crippen LogP contribution in [0.4, 0.5) is 5.69 Å². The molecule has 1 fully saturated rings. The van der Waals surface area contributed by atoms with Crippen molar-refractivity contribution in [2.24, 2.45) is 0 Å². The van der Waals surface area contributed by atoms with Crippen molar-refractivity contribution in [2.45, 2.75) is 20.3 Å². The van der Waals surface area contributed by atoms with Gasteiger partial charge in [0.15, 0.2) is 6.29 Å². The molecule has 0 unspecified atom stereocenters. The van der Waals surface area contributed by atoms with Gasteiger partial charge >= 0.3 is 0 Å². The molecule has 1 saturated heterocycles. The van der Waals surface area contributed by atoms with Crippen LogP contribution in [-0.2, 0) is 9.59 Å². The molecule has 0 aliphatic carbocycles. The van der Waals surface area contributed by atoms with Crippen molar-refractivity contribution >= 4 is 17.9 Å². The SMILES string of the molecule is Cc1ccc(NC(=O)CN2CCN(CC[C]=O)CC2)c(C)c1. The molecule has 1 N–H and O–H groups in total. The Balaban J connectivity index is 1.77. The van der Waals surface area contributed by atoms with E-state index < -0.39 is 0 Å². The summed E-state index contributed by atoms with van der Waals surface area (Å²) in [6, 6.07) is 6.03. The number of rotatable bonds is 6. The maximum absolute atomic E-state index is 12.2. The molecule has 1 aromatic rings. The predicted molar refractivity (Wildman–Crippen MR) is 87.7 cm³/mol. The largest absolute Gasteiger partial charge is 0.325 e. The highest BCUT2D eigenvalue weighted by molar-refractivity contribution is 5.93. The Bertz CT molecular complexity index is 523. The van der Waals surface area contributed by atoms with Crippen LogP contribution in [0.5, 0.6) is 0 Å². The van der Waals surface area contributed by atoms with Crippen molar-refractivity contribution in [1.82, 2.24) is 9.80 Å². The van der Waals surface area contributed by atoms with E-state index in [0.29, 0.717) is 13.0 Å². The number of piperazine rings is 1. The molecule has 1 amide bonds.